The molecule has 3 N–H and O–H groups in total. The van der Waals surface area contributed by atoms with Crippen molar-refractivity contribution in [2.75, 3.05) is 5.32 Å². The Balaban J connectivity index is 2.01. The molecule has 0 saturated carbocycles. The Bertz CT molecular complexity index is 1180. The molecule has 28 heavy (non-hydrogen) atoms. The van der Waals surface area contributed by atoms with Crippen molar-refractivity contribution < 1.29 is 9.90 Å². The number of benzene rings is 2. The van der Waals surface area contributed by atoms with Crippen LogP contribution in [0, 0.1) is 4.77 Å². The highest BCUT2D eigenvalue weighted by Crippen LogP contribution is 2.25. The standard InChI is InChI=1S/C19H15ClN4O3S/c1-11(25)22-13-8-6-12(7-9-13)21-10-14-17(26)23-19(28)24(18(14)27)16-5-3-2-4-15(16)20/h2-10,27H,1H3,(H,22,25)(H,23,26,28). The summed E-state index contributed by atoms with van der Waals surface area (Å²) in [4.78, 5) is 30.0. The van der Waals surface area contributed by atoms with Crippen LogP contribution < -0.4 is 10.9 Å². The lowest BCUT2D eigenvalue weighted by Gasteiger charge is -2.12. The molecule has 0 saturated heterocycles. The van der Waals surface area contributed by atoms with Gasteiger partial charge in [-0.2, -0.15) is 0 Å². The number of rotatable bonds is 4. The summed E-state index contributed by atoms with van der Waals surface area (Å²) >= 11 is 11.3. The van der Waals surface area contributed by atoms with Gasteiger partial charge in [0.1, 0.15) is 5.56 Å². The van der Waals surface area contributed by atoms with Crippen LogP contribution in [0.2, 0.25) is 5.02 Å². The second-order valence-electron chi connectivity index (χ2n) is 5.77. The molecule has 3 rings (SSSR count). The van der Waals surface area contributed by atoms with Gasteiger partial charge in [-0.3, -0.25) is 24.1 Å². The maximum Gasteiger partial charge on any atom is 0.264 e. The third-order valence-corrected chi connectivity index (χ3v) is 4.35. The molecule has 7 nitrogen and oxygen atoms in total. The van der Waals surface area contributed by atoms with E-state index >= 15 is 0 Å². The minimum absolute atomic E-state index is 0.00686. The highest BCUT2D eigenvalue weighted by Gasteiger charge is 2.14. The van der Waals surface area contributed by atoms with Crippen LogP contribution in [-0.4, -0.2) is 26.8 Å². The number of nitrogens with one attached hydrogen (secondary N) is 2. The van der Waals surface area contributed by atoms with E-state index in [-0.39, 0.29) is 22.1 Å². The third-order valence-electron chi connectivity index (χ3n) is 3.74. The zero-order chi connectivity index (χ0) is 20.3. The molecule has 0 spiro atoms. The molecule has 0 fully saturated rings. The summed E-state index contributed by atoms with van der Waals surface area (Å²) in [5, 5.41) is 13.6. The van der Waals surface area contributed by atoms with E-state index in [0.717, 1.165) is 0 Å². The molecular formula is C19H15ClN4O3S. The molecule has 2 aromatic carbocycles. The molecule has 142 valence electrons. The smallest absolute Gasteiger partial charge is 0.264 e. The monoisotopic (exact) mass is 414 g/mol. The van der Waals surface area contributed by atoms with Crippen LogP contribution in [0.3, 0.4) is 0 Å². The van der Waals surface area contributed by atoms with E-state index in [9.17, 15) is 14.7 Å². The first-order chi connectivity index (χ1) is 13.4. The number of aliphatic imine (C=N–C) groups is 1. The highest BCUT2D eigenvalue weighted by atomic mass is 35.5. The van der Waals surface area contributed by atoms with Crippen LogP contribution in [0.15, 0.2) is 58.3 Å². The molecule has 0 aliphatic rings. The summed E-state index contributed by atoms with van der Waals surface area (Å²) in [6.07, 6.45) is 1.24. The van der Waals surface area contributed by atoms with Gasteiger partial charge < -0.3 is 10.4 Å². The molecule has 1 amide bonds. The molecule has 0 bridgehead atoms. The number of nitrogens with zero attached hydrogens (tertiary/aromatic N) is 2. The minimum Gasteiger partial charge on any atom is -0.494 e. The molecule has 1 aromatic heterocycles. The van der Waals surface area contributed by atoms with Crippen molar-refractivity contribution in [1.82, 2.24) is 9.55 Å². The first-order valence-electron chi connectivity index (χ1n) is 8.11. The zero-order valence-electron chi connectivity index (χ0n) is 14.6. The topological polar surface area (TPSA) is 99.5 Å². The first-order valence-corrected chi connectivity index (χ1v) is 8.90. The molecule has 0 atom stereocenters. The van der Waals surface area contributed by atoms with Crippen molar-refractivity contribution in [3.8, 4) is 11.6 Å². The number of hydrogen-bond donors (Lipinski definition) is 3. The van der Waals surface area contributed by atoms with Gasteiger partial charge in [0.05, 0.1) is 16.4 Å². The zero-order valence-corrected chi connectivity index (χ0v) is 16.2. The van der Waals surface area contributed by atoms with Crippen LogP contribution in [0.25, 0.3) is 5.69 Å². The van der Waals surface area contributed by atoms with Gasteiger partial charge in [-0.1, -0.05) is 23.7 Å². The van der Waals surface area contributed by atoms with Gasteiger partial charge in [-0.05, 0) is 48.6 Å². The van der Waals surface area contributed by atoms with Gasteiger partial charge in [0.25, 0.3) is 5.56 Å². The third kappa shape index (κ3) is 4.19. The number of halogens is 1. The SMILES string of the molecule is CC(=O)Nc1ccc(N=Cc2c(O)n(-c3ccccc3Cl)c(=S)[nH]c2=O)cc1. The molecule has 1 heterocycles. The number of H-pyrrole nitrogens is 1. The van der Waals surface area contributed by atoms with E-state index in [2.05, 4.69) is 15.3 Å². The Hall–Kier alpha value is -3.23. The average Bonchev–Trinajstić information content (AvgIpc) is 2.63. The number of aromatic hydroxyl groups is 1. The van der Waals surface area contributed by atoms with Crippen LogP contribution in [-0.2, 0) is 4.79 Å². The summed E-state index contributed by atoms with van der Waals surface area (Å²) < 4.78 is 1.27. The van der Waals surface area contributed by atoms with Crippen molar-refractivity contribution in [2.45, 2.75) is 6.92 Å². The van der Waals surface area contributed by atoms with Crippen molar-refractivity contribution >= 4 is 47.3 Å². The molecule has 0 aliphatic carbocycles. The summed E-state index contributed by atoms with van der Waals surface area (Å²) in [5.41, 5.74) is 0.930. The fraction of sp³-hybridized carbons (Fsp3) is 0.0526. The fourth-order valence-electron chi connectivity index (χ4n) is 2.48. The Morgan fingerprint density at radius 2 is 1.93 bits per heavy atom. The van der Waals surface area contributed by atoms with Gasteiger partial charge in [-0.25, -0.2) is 0 Å². The van der Waals surface area contributed by atoms with E-state index in [1.807, 2.05) is 0 Å². The lowest BCUT2D eigenvalue weighted by molar-refractivity contribution is -0.114. The summed E-state index contributed by atoms with van der Waals surface area (Å²) in [7, 11) is 0. The molecule has 9 heteroatoms. The number of anilines is 1. The Morgan fingerprint density at radius 1 is 1.25 bits per heavy atom. The quantitative estimate of drug-likeness (QED) is 0.444. The maximum absolute atomic E-state index is 12.3. The first kappa shape index (κ1) is 19.5. The average molecular weight is 415 g/mol. The number of carbonyl (C=O) groups excluding carboxylic acids is 1. The van der Waals surface area contributed by atoms with Crippen molar-refractivity contribution in [2.24, 2.45) is 4.99 Å². The predicted octanol–water partition coefficient (Wildman–Crippen LogP) is 3.96. The summed E-state index contributed by atoms with van der Waals surface area (Å²) in [6, 6.07) is 13.5. The van der Waals surface area contributed by atoms with Crippen molar-refractivity contribution in [3.63, 3.8) is 0 Å². The molecule has 3 aromatic rings. The second-order valence-corrected chi connectivity index (χ2v) is 6.56. The van der Waals surface area contributed by atoms with Crippen LogP contribution in [0.4, 0.5) is 11.4 Å². The van der Waals surface area contributed by atoms with Crippen molar-refractivity contribution in [1.29, 1.82) is 0 Å². The lowest BCUT2D eigenvalue weighted by Crippen LogP contribution is -2.18. The van der Waals surface area contributed by atoms with E-state index in [4.69, 9.17) is 23.8 Å². The Morgan fingerprint density at radius 3 is 2.57 bits per heavy atom. The largest absolute Gasteiger partial charge is 0.494 e. The number of carbonyl (C=O) groups is 1. The van der Waals surface area contributed by atoms with Gasteiger partial charge in [0, 0.05) is 18.8 Å². The van der Waals surface area contributed by atoms with E-state index in [1.54, 1.807) is 48.5 Å². The number of aromatic amines is 1. The minimum atomic E-state index is -0.579. The molecule has 0 unspecified atom stereocenters. The lowest BCUT2D eigenvalue weighted by atomic mass is 10.2. The second kappa shape index (κ2) is 8.20. The van der Waals surface area contributed by atoms with E-state index in [1.165, 1.54) is 17.7 Å². The predicted molar refractivity (Wildman–Crippen MR) is 112 cm³/mol. The number of amides is 1. The van der Waals surface area contributed by atoms with Gasteiger partial charge in [0.2, 0.25) is 11.8 Å². The van der Waals surface area contributed by atoms with E-state index in [0.29, 0.717) is 22.1 Å². The van der Waals surface area contributed by atoms with Crippen molar-refractivity contribution in [3.05, 3.63) is 74.2 Å². The Kier molecular flexibility index (Phi) is 5.72. The van der Waals surface area contributed by atoms with Gasteiger partial charge in [-0.15, -0.1) is 0 Å². The molecule has 0 radical (unpaired) electrons. The van der Waals surface area contributed by atoms with Gasteiger partial charge in [0.15, 0.2) is 4.77 Å². The maximum atomic E-state index is 12.3. The van der Waals surface area contributed by atoms with Crippen LogP contribution in [0.1, 0.15) is 12.5 Å². The highest BCUT2D eigenvalue weighted by molar-refractivity contribution is 7.71. The number of para-hydroxylation sites is 1. The number of hydrogen-bond acceptors (Lipinski definition) is 5. The van der Waals surface area contributed by atoms with E-state index < -0.39 is 5.56 Å². The molecular weight excluding hydrogens is 400 g/mol. The fourth-order valence-corrected chi connectivity index (χ4v) is 2.98. The van der Waals surface area contributed by atoms with Crippen LogP contribution >= 0.6 is 23.8 Å². The summed E-state index contributed by atoms with van der Waals surface area (Å²) in [6.45, 7) is 1.41. The summed E-state index contributed by atoms with van der Waals surface area (Å²) in [5.74, 6) is -0.554. The van der Waals surface area contributed by atoms with Gasteiger partial charge >= 0.3 is 0 Å². The molecule has 0 aliphatic heterocycles. The number of aromatic nitrogens is 2. The normalized spacial score (nSPS) is 10.9. The van der Waals surface area contributed by atoms with Crippen LogP contribution in [0.5, 0.6) is 5.88 Å². The Labute approximate surface area is 170 Å².